The molecule has 2 aromatic rings. The Labute approximate surface area is 172 Å². The van der Waals surface area contributed by atoms with E-state index in [1.54, 1.807) is 50.2 Å². The van der Waals surface area contributed by atoms with Crippen LogP contribution in [-0.4, -0.2) is 28.9 Å². The number of para-hydroxylation sites is 2. The number of urea groups is 1. The summed E-state index contributed by atoms with van der Waals surface area (Å²) in [5.41, 5.74) is 6.03. The number of aryl methyl sites for hydroxylation is 1. The number of phenolic OH excluding ortho intramolecular Hbond substituents is 1. The lowest BCUT2D eigenvalue weighted by atomic mass is 9.99. The number of amides is 5. The van der Waals surface area contributed by atoms with Crippen molar-refractivity contribution in [1.82, 2.24) is 16.2 Å². The molecule has 0 unspecified atom stereocenters. The Morgan fingerprint density at radius 3 is 2.40 bits per heavy atom. The molecule has 30 heavy (non-hydrogen) atoms. The number of carbonyl (C=O) groups is 4. The van der Waals surface area contributed by atoms with Crippen LogP contribution in [0.1, 0.15) is 22.8 Å². The minimum atomic E-state index is -1.38. The number of anilines is 1. The Morgan fingerprint density at radius 1 is 1.07 bits per heavy atom. The van der Waals surface area contributed by atoms with Crippen LogP contribution in [0.15, 0.2) is 60.3 Å². The topological polar surface area (TPSA) is 128 Å². The monoisotopic (exact) mass is 408 g/mol. The molecule has 0 saturated carbocycles. The second kappa shape index (κ2) is 8.48. The molecule has 1 atom stereocenters. The molecule has 1 heterocycles. The molecule has 154 valence electrons. The van der Waals surface area contributed by atoms with E-state index in [0.29, 0.717) is 11.3 Å². The summed E-state index contributed by atoms with van der Waals surface area (Å²) < 4.78 is 0. The Balaban J connectivity index is 1.83. The fraction of sp³-hybridized carbons (Fsp3) is 0.143. The molecule has 0 spiro atoms. The van der Waals surface area contributed by atoms with Crippen molar-refractivity contribution in [1.29, 1.82) is 0 Å². The lowest BCUT2D eigenvalue weighted by Crippen LogP contribution is -2.60. The predicted molar refractivity (Wildman–Crippen MR) is 108 cm³/mol. The Hall–Kier alpha value is -4.14. The van der Waals surface area contributed by atoms with Crippen molar-refractivity contribution in [3.63, 3.8) is 0 Å². The van der Waals surface area contributed by atoms with Gasteiger partial charge in [0.15, 0.2) is 5.92 Å². The van der Waals surface area contributed by atoms with Crippen molar-refractivity contribution >= 4 is 29.4 Å². The van der Waals surface area contributed by atoms with E-state index in [1.807, 2.05) is 0 Å². The van der Waals surface area contributed by atoms with Gasteiger partial charge in [0.05, 0.1) is 11.3 Å². The largest absolute Gasteiger partial charge is 0.507 e. The van der Waals surface area contributed by atoms with Crippen molar-refractivity contribution < 1.29 is 24.3 Å². The zero-order valence-corrected chi connectivity index (χ0v) is 16.3. The number of allylic oxidation sites excluding steroid dienone is 1. The van der Waals surface area contributed by atoms with Crippen molar-refractivity contribution in [2.45, 2.75) is 13.8 Å². The average Bonchev–Trinajstić information content (AvgIpc) is 2.71. The van der Waals surface area contributed by atoms with E-state index in [9.17, 15) is 24.3 Å². The van der Waals surface area contributed by atoms with Crippen molar-refractivity contribution in [3.8, 4) is 5.75 Å². The summed E-state index contributed by atoms with van der Waals surface area (Å²) in [5.74, 6) is -3.83. The van der Waals surface area contributed by atoms with Crippen LogP contribution in [0.2, 0.25) is 0 Å². The average molecular weight is 408 g/mol. The van der Waals surface area contributed by atoms with Crippen LogP contribution in [0, 0.1) is 12.8 Å². The van der Waals surface area contributed by atoms with Crippen molar-refractivity contribution in [3.05, 3.63) is 71.4 Å². The highest BCUT2D eigenvalue weighted by Gasteiger charge is 2.43. The SMILES string of the molecule is C/C=C(/NNC(=O)c1ccccc1O)[C@H]1C(=O)NC(=O)N(c2ccccc2C)C1=O. The fourth-order valence-corrected chi connectivity index (χ4v) is 3.06. The molecule has 5 amide bonds. The highest BCUT2D eigenvalue weighted by atomic mass is 16.3. The number of rotatable bonds is 5. The highest BCUT2D eigenvalue weighted by Crippen LogP contribution is 2.26. The minimum absolute atomic E-state index is 0.0107. The number of barbiturate groups is 1. The predicted octanol–water partition coefficient (Wildman–Crippen LogP) is 1.74. The number of nitrogens with zero attached hydrogens (tertiary/aromatic N) is 1. The summed E-state index contributed by atoms with van der Waals surface area (Å²) in [6.45, 7) is 3.31. The summed E-state index contributed by atoms with van der Waals surface area (Å²) in [6.07, 6.45) is 1.44. The Kier molecular flexibility index (Phi) is 5.82. The molecule has 0 bridgehead atoms. The number of benzene rings is 2. The van der Waals surface area contributed by atoms with Gasteiger partial charge < -0.3 is 10.5 Å². The van der Waals surface area contributed by atoms with E-state index in [0.717, 1.165) is 4.90 Å². The maximum Gasteiger partial charge on any atom is 0.335 e. The first kappa shape index (κ1) is 20.6. The number of aromatic hydroxyl groups is 1. The lowest BCUT2D eigenvalue weighted by Gasteiger charge is -2.32. The lowest BCUT2D eigenvalue weighted by molar-refractivity contribution is -0.132. The van der Waals surface area contributed by atoms with Crippen LogP contribution in [0.4, 0.5) is 10.5 Å². The maximum atomic E-state index is 13.1. The van der Waals surface area contributed by atoms with E-state index in [-0.39, 0.29) is 17.0 Å². The van der Waals surface area contributed by atoms with Gasteiger partial charge in [0.25, 0.3) is 11.8 Å². The van der Waals surface area contributed by atoms with Gasteiger partial charge in [-0.3, -0.25) is 25.1 Å². The van der Waals surface area contributed by atoms with Gasteiger partial charge >= 0.3 is 6.03 Å². The minimum Gasteiger partial charge on any atom is -0.507 e. The van der Waals surface area contributed by atoms with Gasteiger partial charge in [0.1, 0.15) is 5.75 Å². The maximum absolute atomic E-state index is 13.1. The van der Waals surface area contributed by atoms with E-state index in [2.05, 4.69) is 16.2 Å². The molecule has 0 aliphatic carbocycles. The van der Waals surface area contributed by atoms with Gasteiger partial charge in [0.2, 0.25) is 5.91 Å². The van der Waals surface area contributed by atoms with Crippen LogP contribution in [-0.2, 0) is 9.59 Å². The molecular weight excluding hydrogens is 388 g/mol. The van der Waals surface area contributed by atoms with Gasteiger partial charge in [-0.15, -0.1) is 0 Å². The van der Waals surface area contributed by atoms with Crippen molar-refractivity contribution in [2.75, 3.05) is 4.90 Å². The second-order valence-corrected chi connectivity index (χ2v) is 6.53. The number of nitrogens with one attached hydrogen (secondary N) is 3. The first-order chi connectivity index (χ1) is 14.3. The standard InChI is InChI=1S/C21H20N4O5/c1-3-14(23-24-18(27)13-9-5-7-11-16(13)26)17-19(28)22-21(30)25(20(17)29)15-10-6-4-8-12(15)2/h3-11,17,23,26H,1-2H3,(H,24,27)(H,22,28,30)/b14-3+/t17-/m0/s1. The Bertz CT molecular complexity index is 1060. The van der Waals surface area contributed by atoms with Crippen LogP contribution < -0.4 is 21.1 Å². The number of hydrazine groups is 1. The fourth-order valence-electron chi connectivity index (χ4n) is 3.06. The summed E-state index contributed by atoms with van der Waals surface area (Å²) in [5, 5.41) is 12.0. The summed E-state index contributed by atoms with van der Waals surface area (Å²) in [6, 6.07) is 11.9. The molecule has 0 aromatic heterocycles. The summed E-state index contributed by atoms with van der Waals surface area (Å²) >= 11 is 0. The van der Waals surface area contributed by atoms with Gasteiger partial charge in [-0.2, -0.15) is 0 Å². The summed E-state index contributed by atoms with van der Waals surface area (Å²) in [7, 11) is 0. The molecule has 3 rings (SSSR count). The molecule has 0 radical (unpaired) electrons. The van der Waals surface area contributed by atoms with Crippen LogP contribution in [0.5, 0.6) is 5.75 Å². The van der Waals surface area contributed by atoms with E-state index in [1.165, 1.54) is 18.2 Å². The van der Waals surface area contributed by atoms with Gasteiger partial charge in [0, 0.05) is 5.70 Å². The zero-order valence-electron chi connectivity index (χ0n) is 16.3. The first-order valence-electron chi connectivity index (χ1n) is 9.10. The van der Waals surface area contributed by atoms with Crippen LogP contribution in [0.25, 0.3) is 0 Å². The molecule has 1 aliphatic rings. The third kappa shape index (κ3) is 3.86. The zero-order chi connectivity index (χ0) is 21.8. The molecule has 9 heteroatoms. The molecule has 9 nitrogen and oxygen atoms in total. The smallest absolute Gasteiger partial charge is 0.335 e. The van der Waals surface area contributed by atoms with Crippen LogP contribution >= 0.6 is 0 Å². The molecular formula is C21H20N4O5. The van der Waals surface area contributed by atoms with Gasteiger partial charge in [-0.1, -0.05) is 36.4 Å². The van der Waals surface area contributed by atoms with Gasteiger partial charge in [-0.25, -0.2) is 9.69 Å². The summed E-state index contributed by atoms with van der Waals surface area (Å²) in [4.78, 5) is 51.1. The quantitative estimate of drug-likeness (QED) is 0.441. The number of phenols is 1. The molecule has 1 fully saturated rings. The number of imide groups is 2. The normalized spacial score (nSPS) is 16.9. The van der Waals surface area contributed by atoms with Crippen molar-refractivity contribution in [2.24, 2.45) is 5.92 Å². The third-order valence-corrected chi connectivity index (χ3v) is 4.61. The second-order valence-electron chi connectivity index (χ2n) is 6.53. The molecule has 1 saturated heterocycles. The van der Waals surface area contributed by atoms with E-state index in [4.69, 9.17) is 0 Å². The number of carbonyl (C=O) groups excluding carboxylic acids is 4. The first-order valence-corrected chi connectivity index (χ1v) is 9.10. The van der Waals surface area contributed by atoms with E-state index >= 15 is 0 Å². The number of hydrogen-bond donors (Lipinski definition) is 4. The highest BCUT2D eigenvalue weighted by molar-refractivity contribution is 6.29. The third-order valence-electron chi connectivity index (χ3n) is 4.61. The molecule has 1 aliphatic heterocycles. The van der Waals surface area contributed by atoms with E-state index < -0.39 is 29.7 Å². The molecule has 2 aromatic carbocycles. The van der Waals surface area contributed by atoms with Gasteiger partial charge in [-0.05, 0) is 37.6 Å². The molecule has 4 N–H and O–H groups in total. The Morgan fingerprint density at radius 2 is 1.73 bits per heavy atom. The number of hydrogen-bond acceptors (Lipinski definition) is 6. The van der Waals surface area contributed by atoms with Crippen LogP contribution in [0.3, 0.4) is 0 Å².